The number of carbonyl (C=O) groups excluding carboxylic acids is 3. The third-order valence-corrected chi connectivity index (χ3v) is 2.00. The molecule has 0 heterocycles. The second-order valence-corrected chi connectivity index (χ2v) is 5.04. The van der Waals surface area contributed by atoms with Gasteiger partial charge < -0.3 is 14.8 Å². The lowest BCUT2D eigenvalue weighted by atomic mass is 10.1. The minimum atomic E-state index is -0.951. The third-order valence-electron chi connectivity index (χ3n) is 1.81. The van der Waals surface area contributed by atoms with Gasteiger partial charge in [-0.25, -0.2) is 9.59 Å². The van der Waals surface area contributed by atoms with Gasteiger partial charge in [0.05, 0.1) is 7.11 Å². The van der Waals surface area contributed by atoms with Crippen molar-refractivity contribution in [2.24, 2.45) is 0 Å². The van der Waals surface area contributed by atoms with Crippen LogP contribution in [-0.4, -0.2) is 36.1 Å². The third kappa shape index (κ3) is 7.89. The van der Waals surface area contributed by atoms with Crippen molar-refractivity contribution >= 4 is 28.9 Å². The minimum Gasteiger partial charge on any atom is -0.467 e. The highest BCUT2D eigenvalue weighted by atomic mass is 35.5. The lowest BCUT2D eigenvalue weighted by Gasteiger charge is -2.22. The van der Waals surface area contributed by atoms with Crippen molar-refractivity contribution in [3.63, 3.8) is 0 Å². The van der Waals surface area contributed by atoms with Crippen LogP contribution in [0.1, 0.15) is 33.6 Å². The molecule has 0 aromatic rings. The molecule has 0 aromatic carbocycles. The molecular weight excluding hydrogens is 262 g/mol. The van der Waals surface area contributed by atoms with Crippen LogP contribution in [0.3, 0.4) is 0 Å². The molecule has 1 atom stereocenters. The van der Waals surface area contributed by atoms with E-state index < -0.39 is 28.9 Å². The number of rotatable bonds is 5. The summed E-state index contributed by atoms with van der Waals surface area (Å²) in [5.74, 6) is -0.654. The predicted molar refractivity (Wildman–Crippen MR) is 65.3 cm³/mol. The van der Waals surface area contributed by atoms with Gasteiger partial charge in [-0.15, -0.1) is 0 Å². The van der Waals surface area contributed by atoms with E-state index in [9.17, 15) is 14.4 Å². The minimum absolute atomic E-state index is 0.0445. The molecule has 0 aliphatic carbocycles. The Hall–Kier alpha value is -1.30. The molecule has 1 N–H and O–H groups in total. The van der Waals surface area contributed by atoms with Gasteiger partial charge in [0.25, 0.3) is 0 Å². The number of ether oxygens (including phenoxy) is 2. The molecule has 0 bridgehead atoms. The average molecular weight is 280 g/mol. The van der Waals surface area contributed by atoms with E-state index in [-0.39, 0.29) is 12.8 Å². The first-order valence-corrected chi connectivity index (χ1v) is 5.79. The van der Waals surface area contributed by atoms with E-state index in [0.29, 0.717) is 0 Å². The summed E-state index contributed by atoms with van der Waals surface area (Å²) in [5, 5.41) is 1.74. The van der Waals surface area contributed by atoms with Crippen molar-refractivity contribution in [2.75, 3.05) is 7.11 Å². The Bertz CT molecular complexity index is 324. The van der Waals surface area contributed by atoms with Crippen molar-refractivity contribution in [1.82, 2.24) is 5.32 Å². The van der Waals surface area contributed by atoms with Gasteiger partial charge >= 0.3 is 12.1 Å². The summed E-state index contributed by atoms with van der Waals surface area (Å²) in [5.41, 5.74) is -0.674. The number of hydrogen-bond donors (Lipinski definition) is 1. The van der Waals surface area contributed by atoms with E-state index in [0.717, 1.165) is 0 Å². The van der Waals surface area contributed by atoms with E-state index in [4.69, 9.17) is 16.3 Å². The summed E-state index contributed by atoms with van der Waals surface area (Å²) in [7, 11) is 1.19. The monoisotopic (exact) mass is 279 g/mol. The van der Waals surface area contributed by atoms with Gasteiger partial charge in [-0.2, -0.15) is 0 Å². The van der Waals surface area contributed by atoms with Gasteiger partial charge in [-0.3, -0.25) is 4.79 Å². The van der Waals surface area contributed by atoms with E-state index in [1.807, 2.05) is 0 Å². The number of nitrogens with one attached hydrogen (secondary N) is 1. The topological polar surface area (TPSA) is 81.7 Å². The maximum atomic E-state index is 11.5. The molecule has 0 radical (unpaired) electrons. The van der Waals surface area contributed by atoms with Gasteiger partial charge in [0, 0.05) is 6.42 Å². The van der Waals surface area contributed by atoms with Crippen molar-refractivity contribution in [2.45, 2.75) is 45.3 Å². The number of amides is 1. The normalized spacial score (nSPS) is 12.5. The van der Waals surface area contributed by atoms with E-state index in [1.165, 1.54) is 7.11 Å². The van der Waals surface area contributed by atoms with Crippen LogP contribution < -0.4 is 5.32 Å². The lowest BCUT2D eigenvalue weighted by molar-refractivity contribution is -0.143. The number of methoxy groups -OCH3 is 1. The summed E-state index contributed by atoms with van der Waals surface area (Å²) in [4.78, 5) is 33.5. The highest BCUT2D eigenvalue weighted by Crippen LogP contribution is 2.08. The van der Waals surface area contributed by atoms with Crippen LogP contribution in [-0.2, 0) is 19.1 Å². The zero-order valence-corrected chi connectivity index (χ0v) is 11.7. The van der Waals surface area contributed by atoms with E-state index >= 15 is 0 Å². The number of halogens is 1. The Morgan fingerprint density at radius 1 is 1.28 bits per heavy atom. The van der Waals surface area contributed by atoms with Gasteiger partial charge in [-0.05, 0) is 38.8 Å². The molecule has 0 rings (SSSR count). The van der Waals surface area contributed by atoms with E-state index in [2.05, 4.69) is 10.1 Å². The van der Waals surface area contributed by atoms with Gasteiger partial charge in [-0.1, -0.05) is 0 Å². The molecule has 0 spiro atoms. The number of esters is 1. The maximum absolute atomic E-state index is 11.5. The fourth-order valence-corrected chi connectivity index (χ4v) is 1.21. The number of hydrogen-bond acceptors (Lipinski definition) is 5. The SMILES string of the molecule is COC(=O)C(CCC(=O)Cl)NC(=O)OC(C)(C)C. The van der Waals surface area contributed by atoms with Gasteiger partial charge in [0.1, 0.15) is 11.6 Å². The first-order chi connectivity index (χ1) is 8.15. The molecule has 0 saturated carbocycles. The molecule has 18 heavy (non-hydrogen) atoms. The molecule has 0 aliphatic heterocycles. The summed E-state index contributed by atoms with van der Waals surface area (Å²) >= 11 is 5.18. The average Bonchev–Trinajstić information content (AvgIpc) is 2.20. The quantitative estimate of drug-likeness (QED) is 0.610. The molecule has 6 nitrogen and oxygen atoms in total. The zero-order chi connectivity index (χ0) is 14.3. The highest BCUT2D eigenvalue weighted by Gasteiger charge is 2.25. The van der Waals surface area contributed by atoms with Crippen LogP contribution in [0.2, 0.25) is 0 Å². The van der Waals surface area contributed by atoms with Gasteiger partial charge in [0.2, 0.25) is 5.24 Å². The van der Waals surface area contributed by atoms with Crippen LogP contribution in [0.5, 0.6) is 0 Å². The van der Waals surface area contributed by atoms with Crippen LogP contribution in [0.15, 0.2) is 0 Å². The Morgan fingerprint density at radius 2 is 1.83 bits per heavy atom. The Kier molecular flexibility index (Phi) is 6.68. The summed E-state index contributed by atoms with van der Waals surface area (Å²) in [6.45, 7) is 5.09. The van der Waals surface area contributed by atoms with Crippen LogP contribution in [0.25, 0.3) is 0 Å². The number of alkyl carbamates (subject to hydrolysis) is 1. The molecule has 0 fully saturated rings. The summed E-state index contributed by atoms with van der Waals surface area (Å²) in [6, 6.07) is -0.951. The second kappa shape index (κ2) is 7.20. The first-order valence-electron chi connectivity index (χ1n) is 5.41. The molecule has 0 saturated heterocycles. The first kappa shape index (κ1) is 16.7. The molecule has 1 unspecified atom stereocenters. The molecule has 0 aliphatic rings. The maximum Gasteiger partial charge on any atom is 0.408 e. The molecule has 0 aromatic heterocycles. The van der Waals surface area contributed by atoms with Crippen molar-refractivity contribution in [1.29, 1.82) is 0 Å². The van der Waals surface area contributed by atoms with Crippen molar-refractivity contribution in [3.8, 4) is 0 Å². The van der Waals surface area contributed by atoms with Crippen molar-refractivity contribution < 1.29 is 23.9 Å². The standard InChI is InChI=1S/C11H18ClNO5/c1-11(2,3)18-10(16)13-7(9(15)17-4)5-6-8(12)14/h7H,5-6H2,1-4H3,(H,13,16). The molecule has 7 heteroatoms. The van der Waals surface area contributed by atoms with E-state index in [1.54, 1.807) is 20.8 Å². The molecule has 1 amide bonds. The van der Waals surface area contributed by atoms with Crippen LogP contribution in [0.4, 0.5) is 4.79 Å². The Balaban J connectivity index is 4.45. The summed E-state index contributed by atoms with van der Waals surface area (Å²) < 4.78 is 9.51. The van der Waals surface area contributed by atoms with Crippen LogP contribution >= 0.6 is 11.6 Å². The fourth-order valence-electron chi connectivity index (χ4n) is 1.10. The zero-order valence-electron chi connectivity index (χ0n) is 10.9. The highest BCUT2D eigenvalue weighted by molar-refractivity contribution is 6.63. The smallest absolute Gasteiger partial charge is 0.408 e. The summed E-state index contributed by atoms with van der Waals surface area (Å²) in [6.07, 6.45) is -0.731. The second-order valence-electron chi connectivity index (χ2n) is 4.62. The largest absolute Gasteiger partial charge is 0.467 e. The van der Waals surface area contributed by atoms with Crippen molar-refractivity contribution in [3.05, 3.63) is 0 Å². The van der Waals surface area contributed by atoms with Crippen LogP contribution in [0, 0.1) is 0 Å². The lowest BCUT2D eigenvalue weighted by Crippen LogP contribution is -2.44. The predicted octanol–water partition coefficient (Wildman–Crippen LogP) is 1.60. The van der Waals surface area contributed by atoms with Gasteiger partial charge in [0.15, 0.2) is 0 Å². The number of carbonyl (C=O) groups is 3. The molecular formula is C11H18ClNO5. The Morgan fingerprint density at radius 3 is 2.22 bits per heavy atom. The fraction of sp³-hybridized carbons (Fsp3) is 0.727. The Labute approximate surface area is 111 Å². The molecule has 104 valence electrons.